The van der Waals surface area contributed by atoms with Gasteiger partial charge in [-0.2, -0.15) is 0 Å². The van der Waals surface area contributed by atoms with E-state index in [-0.39, 0.29) is 11.8 Å². The van der Waals surface area contributed by atoms with Crippen LogP contribution in [0, 0.1) is 5.92 Å². The molecule has 2 saturated heterocycles. The molecular formula is C21H27N5O3. The molecule has 2 aliphatic rings. The highest BCUT2D eigenvalue weighted by molar-refractivity contribution is 6.07. The van der Waals surface area contributed by atoms with Crippen molar-refractivity contribution in [3.8, 4) is 0 Å². The van der Waals surface area contributed by atoms with E-state index in [9.17, 15) is 9.59 Å². The highest BCUT2D eigenvalue weighted by Gasteiger charge is 2.48. The van der Waals surface area contributed by atoms with E-state index in [1.54, 1.807) is 7.05 Å². The smallest absolute Gasteiger partial charge is 0.322 e. The quantitative estimate of drug-likeness (QED) is 0.416. The second-order valence-corrected chi connectivity index (χ2v) is 7.85. The van der Waals surface area contributed by atoms with Crippen LogP contribution in [0.15, 0.2) is 39.7 Å². The van der Waals surface area contributed by atoms with Crippen molar-refractivity contribution in [1.29, 1.82) is 0 Å². The van der Waals surface area contributed by atoms with Crippen molar-refractivity contribution in [2.75, 3.05) is 26.7 Å². The van der Waals surface area contributed by atoms with Gasteiger partial charge in [-0.1, -0.05) is 18.2 Å². The molecule has 0 bridgehead atoms. The van der Waals surface area contributed by atoms with Crippen LogP contribution in [0.5, 0.6) is 0 Å². The minimum atomic E-state index is -0.818. The number of hydrogen-bond donors (Lipinski definition) is 3. The van der Waals surface area contributed by atoms with Crippen molar-refractivity contribution in [3.05, 3.63) is 36.1 Å². The van der Waals surface area contributed by atoms with E-state index in [4.69, 9.17) is 4.42 Å². The third kappa shape index (κ3) is 3.79. The van der Waals surface area contributed by atoms with Crippen LogP contribution in [0.3, 0.4) is 0 Å². The van der Waals surface area contributed by atoms with Gasteiger partial charge in [0.25, 0.3) is 5.91 Å². The van der Waals surface area contributed by atoms with E-state index in [0.717, 1.165) is 61.6 Å². The van der Waals surface area contributed by atoms with Crippen molar-refractivity contribution in [3.63, 3.8) is 0 Å². The minimum absolute atomic E-state index is 0.110. The largest absolute Gasteiger partial charge is 0.461 e. The molecule has 29 heavy (non-hydrogen) atoms. The van der Waals surface area contributed by atoms with Gasteiger partial charge < -0.3 is 20.0 Å². The molecule has 3 N–H and O–H groups in total. The molecule has 3 amide bonds. The zero-order valence-electron chi connectivity index (χ0n) is 16.8. The molecule has 1 atom stereocenters. The van der Waals surface area contributed by atoms with Crippen LogP contribution < -0.4 is 16.0 Å². The lowest BCUT2D eigenvalue weighted by atomic mass is 9.79. The first-order valence-electron chi connectivity index (χ1n) is 10.1. The maximum atomic E-state index is 12.2. The zero-order valence-corrected chi connectivity index (χ0v) is 16.8. The number of likely N-dealkylation sites (tertiary alicyclic amines) is 1. The number of piperidine rings is 1. The van der Waals surface area contributed by atoms with Gasteiger partial charge in [-0.05, 0) is 37.8 Å². The average Bonchev–Trinajstić information content (AvgIpc) is 3.25. The monoisotopic (exact) mass is 397 g/mol. The Balaban J connectivity index is 1.29. The number of hydrogen-bond acceptors (Lipinski definition) is 4. The second-order valence-electron chi connectivity index (χ2n) is 7.85. The molecule has 1 aromatic carbocycles. The van der Waals surface area contributed by atoms with Gasteiger partial charge in [0.1, 0.15) is 16.9 Å². The molecular weight excluding hydrogens is 370 g/mol. The lowest BCUT2D eigenvalue weighted by molar-refractivity contribution is -0.125. The Bertz CT molecular complexity index is 912. The standard InChI is InChI=1S/C21H27N5O3/c1-21(18(27)24-20(28)25-21)15-8-11-26(12-9-15)19(22-2)23-10-7-16-13-14-5-3-4-6-17(14)29-16/h3-6,13,15H,7-12H2,1-2H3,(H,22,23)(H2,24,25,27,28). The van der Waals surface area contributed by atoms with Crippen molar-refractivity contribution in [2.45, 2.75) is 31.7 Å². The summed E-state index contributed by atoms with van der Waals surface area (Å²) in [6.07, 6.45) is 2.40. The van der Waals surface area contributed by atoms with Crippen LogP contribution in [0.4, 0.5) is 4.79 Å². The number of rotatable bonds is 4. The van der Waals surface area contributed by atoms with Gasteiger partial charge in [-0.25, -0.2) is 4.79 Å². The predicted octanol–water partition coefficient (Wildman–Crippen LogP) is 1.86. The fourth-order valence-electron chi connectivity index (χ4n) is 4.30. The van der Waals surface area contributed by atoms with Gasteiger partial charge in [-0.3, -0.25) is 15.1 Å². The highest BCUT2D eigenvalue weighted by atomic mass is 16.3. The number of urea groups is 1. The van der Waals surface area contributed by atoms with Crippen molar-refractivity contribution >= 4 is 28.9 Å². The number of furan rings is 1. The van der Waals surface area contributed by atoms with Crippen LogP contribution in [-0.4, -0.2) is 55.0 Å². The fourth-order valence-corrected chi connectivity index (χ4v) is 4.30. The van der Waals surface area contributed by atoms with Crippen LogP contribution >= 0.6 is 0 Å². The first-order valence-corrected chi connectivity index (χ1v) is 10.1. The Morgan fingerprint density at radius 3 is 2.72 bits per heavy atom. The van der Waals surface area contributed by atoms with Gasteiger partial charge in [0.05, 0.1) is 0 Å². The number of carbonyl (C=O) groups excluding carboxylic acids is 2. The maximum Gasteiger partial charge on any atom is 0.322 e. The van der Waals surface area contributed by atoms with Crippen LogP contribution in [0.2, 0.25) is 0 Å². The number of nitrogens with zero attached hydrogens (tertiary/aromatic N) is 2. The summed E-state index contributed by atoms with van der Waals surface area (Å²) in [5.74, 6) is 1.68. The number of benzene rings is 1. The summed E-state index contributed by atoms with van der Waals surface area (Å²) in [4.78, 5) is 30.3. The van der Waals surface area contributed by atoms with Crippen molar-refractivity contribution < 1.29 is 14.0 Å². The summed E-state index contributed by atoms with van der Waals surface area (Å²) in [6.45, 7) is 4.11. The molecule has 2 aliphatic heterocycles. The van der Waals surface area contributed by atoms with E-state index in [1.165, 1.54) is 0 Å². The summed E-state index contributed by atoms with van der Waals surface area (Å²) in [6, 6.07) is 9.68. The Kier molecular flexibility index (Phi) is 5.17. The van der Waals surface area contributed by atoms with Gasteiger partial charge >= 0.3 is 6.03 Å². The molecule has 0 saturated carbocycles. The second kappa shape index (κ2) is 7.77. The zero-order chi connectivity index (χ0) is 20.4. The predicted molar refractivity (Wildman–Crippen MR) is 111 cm³/mol. The first kappa shape index (κ1) is 19.3. The minimum Gasteiger partial charge on any atom is -0.461 e. The Morgan fingerprint density at radius 1 is 1.31 bits per heavy atom. The molecule has 2 aromatic rings. The Hall–Kier alpha value is -3.03. The number of amides is 3. The van der Waals surface area contributed by atoms with Gasteiger partial charge in [-0.15, -0.1) is 0 Å². The van der Waals surface area contributed by atoms with E-state index < -0.39 is 11.6 Å². The first-order chi connectivity index (χ1) is 14.0. The lowest BCUT2D eigenvalue weighted by Gasteiger charge is -2.39. The van der Waals surface area contributed by atoms with Crippen LogP contribution in [0.1, 0.15) is 25.5 Å². The maximum absolute atomic E-state index is 12.2. The molecule has 1 aromatic heterocycles. The summed E-state index contributed by atoms with van der Waals surface area (Å²) >= 11 is 0. The Morgan fingerprint density at radius 2 is 2.07 bits per heavy atom. The lowest BCUT2D eigenvalue weighted by Crippen LogP contribution is -2.55. The molecule has 4 rings (SSSR count). The summed E-state index contributed by atoms with van der Waals surface area (Å²) in [7, 11) is 1.78. The SMILES string of the molecule is CN=C(NCCc1cc2ccccc2o1)N1CCC(C2(C)NC(=O)NC2=O)CC1. The number of fused-ring (bicyclic) bond motifs is 1. The number of aliphatic imine (C=N–C) groups is 1. The highest BCUT2D eigenvalue weighted by Crippen LogP contribution is 2.30. The van der Waals surface area contributed by atoms with Crippen molar-refractivity contribution in [2.24, 2.45) is 10.9 Å². The van der Waals surface area contributed by atoms with E-state index >= 15 is 0 Å². The summed E-state index contributed by atoms with van der Waals surface area (Å²) in [5.41, 5.74) is 0.0898. The van der Waals surface area contributed by atoms with Crippen LogP contribution in [-0.2, 0) is 11.2 Å². The number of nitrogens with one attached hydrogen (secondary N) is 3. The Labute approximate surface area is 169 Å². The van der Waals surface area contributed by atoms with Crippen LogP contribution in [0.25, 0.3) is 11.0 Å². The number of para-hydroxylation sites is 1. The average molecular weight is 397 g/mol. The van der Waals surface area contributed by atoms with Gasteiger partial charge in [0.15, 0.2) is 5.96 Å². The molecule has 0 spiro atoms. The number of guanidine groups is 1. The molecule has 3 heterocycles. The molecule has 2 fully saturated rings. The summed E-state index contributed by atoms with van der Waals surface area (Å²) in [5, 5.41) is 9.68. The fraction of sp³-hybridized carbons (Fsp3) is 0.476. The number of carbonyl (C=O) groups is 2. The van der Waals surface area contributed by atoms with E-state index in [0.29, 0.717) is 0 Å². The van der Waals surface area contributed by atoms with E-state index in [2.05, 4.69) is 31.9 Å². The summed E-state index contributed by atoms with van der Waals surface area (Å²) < 4.78 is 5.86. The normalized spacial score (nSPS) is 23.4. The molecule has 8 heteroatoms. The number of imide groups is 1. The molecule has 154 valence electrons. The topological polar surface area (TPSA) is 99.0 Å². The third-order valence-electron chi connectivity index (χ3n) is 6.03. The van der Waals surface area contributed by atoms with Gasteiger partial charge in [0.2, 0.25) is 0 Å². The molecule has 1 unspecified atom stereocenters. The third-order valence-corrected chi connectivity index (χ3v) is 6.03. The van der Waals surface area contributed by atoms with Crippen molar-refractivity contribution in [1.82, 2.24) is 20.9 Å². The van der Waals surface area contributed by atoms with Gasteiger partial charge in [0, 0.05) is 38.5 Å². The molecule has 0 aliphatic carbocycles. The molecule has 0 radical (unpaired) electrons. The molecule has 8 nitrogen and oxygen atoms in total. The van der Waals surface area contributed by atoms with E-state index in [1.807, 2.05) is 31.2 Å².